The monoisotopic (exact) mass is 366 g/mol. The molecule has 1 N–H and O–H groups in total. The van der Waals surface area contributed by atoms with Gasteiger partial charge in [0.2, 0.25) is 0 Å². The Bertz CT molecular complexity index is 716. The number of carbonyl (C=O) groups is 1. The van der Waals surface area contributed by atoms with Crippen LogP contribution in [-0.2, 0) is 4.74 Å². The van der Waals surface area contributed by atoms with E-state index < -0.39 is 0 Å². The maximum absolute atomic E-state index is 12.3. The van der Waals surface area contributed by atoms with Crippen molar-refractivity contribution in [2.45, 2.75) is 18.9 Å². The van der Waals surface area contributed by atoms with Gasteiger partial charge in [-0.2, -0.15) is 0 Å². The summed E-state index contributed by atoms with van der Waals surface area (Å²) >= 11 is 11.8. The highest BCUT2D eigenvalue weighted by Gasteiger charge is 2.17. The standard InChI is InChI=1S/C17H16Cl2N2O3/c18-12-4-5-15(24-10-13-2-1-7-23-13)14(8-12)21-17(22)11-3-6-16(19)20-9-11/h3-6,8-9,13H,1-2,7,10H2,(H,21,22). The number of rotatable bonds is 5. The van der Waals surface area contributed by atoms with Gasteiger partial charge >= 0.3 is 0 Å². The van der Waals surface area contributed by atoms with Crippen LogP contribution in [0, 0.1) is 0 Å². The van der Waals surface area contributed by atoms with Crippen LogP contribution in [0.25, 0.3) is 0 Å². The fraction of sp³-hybridized carbons (Fsp3) is 0.294. The van der Waals surface area contributed by atoms with Crippen LogP contribution in [0.2, 0.25) is 10.2 Å². The molecule has 3 rings (SSSR count). The highest BCUT2D eigenvalue weighted by Crippen LogP contribution is 2.29. The summed E-state index contributed by atoms with van der Waals surface area (Å²) in [6.45, 7) is 1.20. The van der Waals surface area contributed by atoms with Crippen LogP contribution in [0.4, 0.5) is 5.69 Å². The SMILES string of the molecule is O=C(Nc1cc(Cl)ccc1OCC1CCCO1)c1ccc(Cl)nc1. The Morgan fingerprint density at radius 1 is 1.33 bits per heavy atom. The van der Waals surface area contributed by atoms with E-state index in [9.17, 15) is 4.79 Å². The molecule has 0 spiro atoms. The Hall–Kier alpha value is -1.82. The highest BCUT2D eigenvalue weighted by molar-refractivity contribution is 6.31. The first kappa shape index (κ1) is 17.0. The lowest BCUT2D eigenvalue weighted by atomic mass is 10.2. The second kappa shape index (κ2) is 7.83. The summed E-state index contributed by atoms with van der Waals surface area (Å²) in [6.07, 6.45) is 3.52. The lowest BCUT2D eigenvalue weighted by Crippen LogP contribution is -2.18. The molecule has 2 heterocycles. The summed E-state index contributed by atoms with van der Waals surface area (Å²) < 4.78 is 11.3. The zero-order valence-electron chi connectivity index (χ0n) is 12.8. The fourth-order valence-electron chi connectivity index (χ4n) is 2.39. The molecule has 1 fully saturated rings. The maximum Gasteiger partial charge on any atom is 0.257 e. The molecule has 1 aromatic carbocycles. The van der Waals surface area contributed by atoms with Gasteiger partial charge in [0.15, 0.2) is 0 Å². The lowest BCUT2D eigenvalue weighted by molar-refractivity contribution is 0.0682. The predicted octanol–water partition coefficient (Wildman–Crippen LogP) is 4.20. The molecule has 1 unspecified atom stereocenters. The van der Waals surface area contributed by atoms with Crippen LogP contribution in [0.15, 0.2) is 36.5 Å². The molecule has 0 saturated carbocycles. The topological polar surface area (TPSA) is 60.5 Å². The third-order valence-electron chi connectivity index (χ3n) is 3.63. The van der Waals surface area contributed by atoms with E-state index in [1.54, 1.807) is 30.3 Å². The molecular formula is C17H16Cl2N2O3. The minimum absolute atomic E-state index is 0.0877. The van der Waals surface area contributed by atoms with E-state index in [2.05, 4.69) is 10.3 Å². The van der Waals surface area contributed by atoms with Crippen molar-refractivity contribution < 1.29 is 14.3 Å². The van der Waals surface area contributed by atoms with Gasteiger partial charge in [0.05, 0.1) is 17.4 Å². The molecule has 1 aromatic heterocycles. The normalized spacial score (nSPS) is 16.8. The van der Waals surface area contributed by atoms with E-state index in [1.807, 2.05) is 0 Å². The largest absolute Gasteiger partial charge is 0.489 e. The van der Waals surface area contributed by atoms with E-state index in [-0.39, 0.29) is 12.0 Å². The zero-order valence-corrected chi connectivity index (χ0v) is 14.3. The minimum Gasteiger partial charge on any atom is -0.489 e. The molecular weight excluding hydrogens is 351 g/mol. The summed E-state index contributed by atoms with van der Waals surface area (Å²) in [7, 11) is 0. The molecule has 0 aliphatic carbocycles. The molecule has 0 radical (unpaired) electrons. The second-order valence-corrected chi connectivity index (χ2v) is 6.23. The van der Waals surface area contributed by atoms with Gasteiger partial charge in [-0.05, 0) is 43.2 Å². The Balaban J connectivity index is 1.72. The number of carbonyl (C=O) groups excluding carboxylic acids is 1. The summed E-state index contributed by atoms with van der Waals surface area (Å²) in [6, 6.07) is 8.25. The number of hydrogen-bond acceptors (Lipinski definition) is 4. The van der Waals surface area contributed by atoms with Crippen LogP contribution >= 0.6 is 23.2 Å². The quantitative estimate of drug-likeness (QED) is 0.805. The van der Waals surface area contributed by atoms with Crippen LogP contribution in [0.3, 0.4) is 0 Å². The zero-order chi connectivity index (χ0) is 16.9. The number of amides is 1. The number of benzene rings is 1. The molecule has 24 heavy (non-hydrogen) atoms. The Morgan fingerprint density at radius 2 is 2.21 bits per heavy atom. The molecule has 1 amide bonds. The fourth-order valence-corrected chi connectivity index (χ4v) is 2.67. The van der Waals surface area contributed by atoms with Crippen LogP contribution in [-0.4, -0.2) is 30.2 Å². The summed E-state index contributed by atoms with van der Waals surface area (Å²) in [4.78, 5) is 16.2. The average molecular weight is 367 g/mol. The van der Waals surface area contributed by atoms with Crippen molar-refractivity contribution in [3.63, 3.8) is 0 Å². The van der Waals surface area contributed by atoms with Gasteiger partial charge < -0.3 is 14.8 Å². The van der Waals surface area contributed by atoms with E-state index in [1.165, 1.54) is 6.20 Å². The molecule has 1 aliphatic heterocycles. The van der Waals surface area contributed by atoms with Crippen molar-refractivity contribution in [3.05, 3.63) is 52.3 Å². The third-order valence-corrected chi connectivity index (χ3v) is 4.09. The number of nitrogens with zero attached hydrogens (tertiary/aromatic N) is 1. The van der Waals surface area contributed by atoms with Gasteiger partial charge in [-0.25, -0.2) is 4.98 Å². The smallest absolute Gasteiger partial charge is 0.257 e. The molecule has 1 aliphatic rings. The number of aromatic nitrogens is 1. The van der Waals surface area contributed by atoms with Gasteiger partial charge in [0, 0.05) is 17.8 Å². The van der Waals surface area contributed by atoms with E-state index in [4.69, 9.17) is 32.7 Å². The van der Waals surface area contributed by atoms with Crippen molar-refractivity contribution >= 4 is 34.8 Å². The van der Waals surface area contributed by atoms with Crippen molar-refractivity contribution in [1.29, 1.82) is 0 Å². The van der Waals surface area contributed by atoms with Crippen molar-refractivity contribution in [3.8, 4) is 5.75 Å². The lowest BCUT2D eigenvalue weighted by Gasteiger charge is -2.15. The van der Waals surface area contributed by atoms with Crippen LogP contribution in [0.5, 0.6) is 5.75 Å². The minimum atomic E-state index is -0.316. The molecule has 126 valence electrons. The van der Waals surface area contributed by atoms with Crippen molar-refractivity contribution in [1.82, 2.24) is 4.98 Å². The van der Waals surface area contributed by atoms with Gasteiger partial charge in [-0.1, -0.05) is 23.2 Å². The Morgan fingerprint density at radius 3 is 2.92 bits per heavy atom. The van der Waals surface area contributed by atoms with Crippen molar-refractivity contribution in [2.24, 2.45) is 0 Å². The summed E-state index contributed by atoms with van der Waals surface area (Å²) in [5.41, 5.74) is 0.893. The Kier molecular flexibility index (Phi) is 5.56. The van der Waals surface area contributed by atoms with Gasteiger partial charge in [0.1, 0.15) is 17.5 Å². The van der Waals surface area contributed by atoms with E-state index >= 15 is 0 Å². The number of pyridine rings is 1. The number of ether oxygens (including phenoxy) is 2. The maximum atomic E-state index is 12.3. The Labute approximate surface area is 149 Å². The first-order valence-electron chi connectivity index (χ1n) is 7.58. The molecule has 2 aromatic rings. The highest BCUT2D eigenvalue weighted by atomic mass is 35.5. The van der Waals surface area contributed by atoms with Crippen molar-refractivity contribution in [2.75, 3.05) is 18.5 Å². The number of nitrogens with one attached hydrogen (secondary N) is 1. The summed E-state index contributed by atoms with van der Waals surface area (Å²) in [5.74, 6) is 0.230. The van der Waals surface area contributed by atoms with E-state index in [0.29, 0.717) is 33.8 Å². The van der Waals surface area contributed by atoms with Crippen LogP contribution < -0.4 is 10.1 Å². The van der Waals surface area contributed by atoms with Gasteiger partial charge in [-0.3, -0.25) is 4.79 Å². The average Bonchev–Trinajstić information content (AvgIpc) is 3.08. The molecule has 5 nitrogen and oxygen atoms in total. The number of anilines is 1. The number of halogens is 2. The third kappa shape index (κ3) is 4.38. The first-order valence-corrected chi connectivity index (χ1v) is 8.34. The molecule has 7 heteroatoms. The predicted molar refractivity (Wildman–Crippen MR) is 93.1 cm³/mol. The molecule has 0 bridgehead atoms. The van der Waals surface area contributed by atoms with E-state index in [0.717, 1.165) is 19.4 Å². The molecule has 1 saturated heterocycles. The molecule has 1 atom stereocenters. The summed E-state index contributed by atoms with van der Waals surface area (Å²) in [5, 5.41) is 3.62. The number of hydrogen-bond donors (Lipinski definition) is 1. The second-order valence-electron chi connectivity index (χ2n) is 5.41. The van der Waals surface area contributed by atoms with Gasteiger partial charge in [-0.15, -0.1) is 0 Å². The first-order chi connectivity index (χ1) is 11.6. The van der Waals surface area contributed by atoms with Gasteiger partial charge in [0.25, 0.3) is 5.91 Å². The van der Waals surface area contributed by atoms with Crippen LogP contribution in [0.1, 0.15) is 23.2 Å².